The summed E-state index contributed by atoms with van der Waals surface area (Å²) in [5.74, 6) is -0.602. The van der Waals surface area contributed by atoms with Crippen LogP contribution in [0.2, 0.25) is 0 Å². The maximum absolute atomic E-state index is 12.9. The van der Waals surface area contributed by atoms with Crippen LogP contribution in [0.3, 0.4) is 0 Å². The largest absolute Gasteiger partial charge is 0.348 e. The minimum atomic E-state index is -0.361. The zero-order valence-corrected chi connectivity index (χ0v) is 13.3. The van der Waals surface area contributed by atoms with Gasteiger partial charge in [-0.05, 0) is 48.9 Å². The van der Waals surface area contributed by atoms with Crippen molar-refractivity contribution in [3.05, 3.63) is 89.4 Å². The molecule has 0 saturated carbocycles. The minimum absolute atomic E-state index is 0.242. The Kier molecular flexibility index (Phi) is 4.66. The molecule has 0 spiro atoms. The van der Waals surface area contributed by atoms with Crippen molar-refractivity contribution >= 4 is 5.91 Å². The van der Waals surface area contributed by atoms with Gasteiger partial charge in [-0.1, -0.05) is 29.8 Å². The lowest BCUT2D eigenvalue weighted by molar-refractivity contribution is 0.0951. The molecule has 3 nitrogen and oxygen atoms in total. The van der Waals surface area contributed by atoms with E-state index < -0.39 is 0 Å². The fraction of sp³-hybridized carbons (Fsp3) is 0.100. The van der Waals surface area contributed by atoms with Crippen LogP contribution in [-0.4, -0.2) is 10.9 Å². The van der Waals surface area contributed by atoms with E-state index in [1.807, 2.05) is 37.3 Å². The van der Waals surface area contributed by atoms with E-state index in [-0.39, 0.29) is 11.7 Å². The van der Waals surface area contributed by atoms with Gasteiger partial charge >= 0.3 is 0 Å². The molecular weight excluding hydrogens is 303 g/mol. The first kappa shape index (κ1) is 15.9. The average molecular weight is 320 g/mol. The molecule has 2 aromatic carbocycles. The van der Waals surface area contributed by atoms with E-state index in [4.69, 9.17) is 0 Å². The molecule has 3 aromatic rings. The van der Waals surface area contributed by atoms with Crippen molar-refractivity contribution in [2.75, 3.05) is 0 Å². The van der Waals surface area contributed by atoms with E-state index in [1.165, 1.54) is 24.3 Å². The molecule has 0 aliphatic rings. The van der Waals surface area contributed by atoms with Gasteiger partial charge in [0.25, 0.3) is 5.91 Å². The van der Waals surface area contributed by atoms with Gasteiger partial charge in [0, 0.05) is 23.9 Å². The number of amides is 1. The molecule has 1 aromatic heterocycles. The number of rotatable bonds is 4. The van der Waals surface area contributed by atoms with Crippen molar-refractivity contribution in [3.8, 4) is 11.3 Å². The van der Waals surface area contributed by atoms with Crippen LogP contribution >= 0.6 is 0 Å². The lowest BCUT2D eigenvalue weighted by Gasteiger charge is -2.10. The molecule has 1 heterocycles. The molecule has 0 aliphatic carbocycles. The van der Waals surface area contributed by atoms with Crippen LogP contribution in [0.5, 0.6) is 0 Å². The summed E-state index contributed by atoms with van der Waals surface area (Å²) in [4.78, 5) is 16.6. The molecule has 1 amide bonds. The van der Waals surface area contributed by atoms with Gasteiger partial charge in [0.05, 0.1) is 5.69 Å². The minimum Gasteiger partial charge on any atom is -0.348 e. The Morgan fingerprint density at radius 2 is 1.88 bits per heavy atom. The second-order valence-corrected chi connectivity index (χ2v) is 5.57. The summed E-state index contributed by atoms with van der Waals surface area (Å²) in [6.07, 6.45) is 1.74. The van der Waals surface area contributed by atoms with Crippen LogP contribution in [-0.2, 0) is 6.54 Å². The van der Waals surface area contributed by atoms with Crippen LogP contribution in [0.25, 0.3) is 11.3 Å². The number of hydrogen-bond donors (Lipinski definition) is 1. The summed E-state index contributed by atoms with van der Waals surface area (Å²) >= 11 is 0. The van der Waals surface area contributed by atoms with Crippen LogP contribution < -0.4 is 5.32 Å². The highest BCUT2D eigenvalue weighted by Gasteiger charge is 2.09. The van der Waals surface area contributed by atoms with Crippen LogP contribution in [0, 0.1) is 12.7 Å². The Balaban J connectivity index is 1.78. The predicted molar refractivity (Wildman–Crippen MR) is 92.0 cm³/mol. The number of carbonyl (C=O) groups is 1. The maximum atomic E-state index is 12.9. The normalized spacial score (nSPS) is 10.4. The van der Waals surface area contributed by atoms with Gasteiger partial charge in [0.1, 0.15) is 5.82 Å². The fourth-order valence-corrected chi connectivity index (χ4v) is 2.51. The number of aromatic nitrogens is 1. The third kappa shape index (κ3) is 3.66. The van der Waals surface area contributed by atoms with E-state index >= 15 is 0 Å². The molecule has 0 atom stereocenters. The first-order chi connectivity index (χ1) is 11.6. The quantitative estimate of drug-likeness (QED) is 0.785. The van der Waals surface area contributed by atoms with Crippen molar-refractivity contribution in [2.24, 2.45) is 0 Å². The Morgan fingerprint density at radius 1 is 1.08 bits per heavy atom. The molecule has 0 radical (unpaired) electrons. The summed E-state index contributed by atoms with van der Waals surface area (Å²) < 4.78 is 12.9. The zero-order valence-electron chi connectivity index (χ0n) is 13.3. The first-order valence-corrected chi connectivity index (χ1v) is 7.68. The molecule has 0 unspecified atom stereocenters. The highest BCUT2D eigenvalue weighted by molar-refractivity contribution is 5.94. The molecule has 4 heteroatoms. The van der Waals surface area contributed by atoms with Crippen molar-refractivity contribution in [2.45, 2.75) is 13.5 Å². The summed E-state index contributed by atoms with van der Waals surface area (Å²) in [6.45, 7) is 2.38. The average Bonchev–Trinajstić information content (AvgIpc) is 2.60. The summed E-state index contributed by atoms with van der Waals surface area (Å²) in [6, 6.07) is 17.4. The van der Waals surface area contributed by atoms with Crippen molar-refractivity contribution in [3.63, 3.8) is 0 Å². The van der Waals surface area contributed by atoms with Crippen molar-refractivity contribution in [1.29, 1.82) is 0 Å². The van der Waals surface area contributed by atoms with Crippen LogP contribution in [0.15, 0.2) is 66.9 Å². The second-order valence-electron chi connectivity index (χ2n) is 5.57. The predicted octanol–water partition coefficient (Wildman–Crippen LogP) is 4.13. The van der Waals surface area contributed by atoms with E-state index in [2.05, 4.69) is 16.4 Å². The first-order valence-electron chi connectivity index (χ1n) is 7.68. The SMILES string of the molecule is Cc1cccc(-c2ncccc2CNC(=O)c2ccc(F)cc2)c1. The van der Waals surface area contributed by atoms with Gasteiger partial charge in [-0.25, -0.2) is 4.39 Å². The molecule has 0 saturated heterocycles. The van der Waals surface area contributed by atoms with Gasteiger partial charge in [-0.3, -0.25) is 9.78 Å². The third-order valence-electron chi connectivity index (χ3n) is 3.73. The maximum Gasteiger partial charge on any atom is 0.251 e. The Bertz CT molecular complexity index is 860. The zero-order chi connectivity index (χ0) is 16.9. The molecule has 24 heavy (non-hydrogen) atoms. The molecule has 3 rings (SSSR count). The summed E-state index contributed by atoms with van der Waals surface area (Å²) in [5.41, 5.74) is 4.37. The van der Waals surface area contributed by atoms with Crippen molar-refractivity contribution < 1.29 is 9.18 Å². The topological polar surface area (TPSA) is 42.0 Å². The number of pyridine rings is 1. The summed E-state index contributed by atoms with van der Waals surface area (Å²) in [5, 5.41) is 2.86. The van der Waals surface area contributed by atoms with Crippen molar-refractivity contribution in [1.82, 2.24) is 10.3 Å². The Labute approximate surface area is 140 Å². The molecule has 1 N–H and O–H groups in total. The lowest BCUT2D eigenvalue weighted by Crippen LogP contribution is -2.23. The second kappa shape index (κ2) is 7.04. The summed E-state index contributed by atoms with van der Waals surface area (Å²) in [7, 11) is 0. The number of carbonyl (C=O) groups excluding carboxylic acids is 1. The van der Waals surface area contributed by atoms with E-state index in [0.29, 0.717) is 12.1 Å². The number of hydrogen-bond acceptors (Lipinski definition) is 2. The third-order valence-corrected chi connectivity index (χ3v) is 3.73. The molecule has 120 valence electrons. The molecule has 0 aliphatic heterocycles. The van der Waals surface area contributed by atoms with Gasteiger partial charge in [0.15, 0.2) is 0 Å². The lowest BCUT2D eigenvalue weighted by atomic mass is 10.0. The number of nitrogens with one attached hydrogen (secondary N) is 1. The monoisotopic (exact) mass is 320 g/mol. The van der Waals surface area contributed by atoms with Gasteiger partial charge in [-0.15, -0.1) is 0 Å². The molecule has 0 fully saturated rings. The van der Waals surface area contributed by atoms with Crippen LogP contribution in [0.4, 0.5) is 4.39 Å². The molecule has 0 bridgehead atoms. The highest BCUT2D eigenvalue weighted by atomic mass is 19.1. The number of benzene rings is 2. The highest BCUT2D eigenvalue weighted by Crippen LogP contribution is 2.22. The number of halogens is 1. The number of nitrogens with zero attached hydrogens (tertiary/aromatic N) is 1. The van der Waals surface area contributed by atoms with E-state index in [1.54, 1.807) is 6.20 Å². The molecular formula is C20H17FN2O. The fourth-order valence-electron chi connectivity index (χ4n) is 2.51. The standard InChI is InChI=1S/C20H17FN2O/c1-14-4-2-5-16(12-14)19-17(6-3-11-22-19)13-23-20(24)15-7-9-18(21)10-8-15/h2-12H,13H2,1H3,(H,23,24). The van der Waals surface area contributed by atoms with E-state index in [0.717, 1.165) is 22.4 Å². The van der Waals surface area contributed by atoms with Gasteiger partial charge < -0.3 is 5.32 Å². The number of aryl methyl sites for hydroxylation is 1. The Hall–Kier alpha value is -3.01. The van der Waals surface area contributed by atoms with Crippen LogP contribution in [0.1, 0.15) is 21.5 Å². The van der Waals surface area contributed by atoms with Gasteiger partial charge in [0.2, 0.25) is 0 Å². The van der Waals surface area contributed by atoms with Gasteiger partial charge in [-0.2, -0.15) is 0 Å². The smallest absolute Gasteiger partial charge is 0.251 e. The van der Waals surface area contributed by atoms with E-state index in [9.17, 15) is 9.18 Å². The Morgan fingerprint density at radius 3 is 2.62 bits per heavy atom.